The average molecular weight is 260 g/mol. The van der Waals surface area contributed by atoms with Crippen molar-refractivity contribution in [3.8, 4) is 0 Å². The zero-order valence-electron chi connectivity index (χ0n) is 11.4. The Morgan fingerprint density at radius 3 is 1.94 bits per heavy atom. The van der Waals surface area contributed by atoms with Crippen LogP contribution in [0.25, 0.3) is 0 Å². The third-order valence-corrected chi connectivity index (χ3v) is 6.53. The molecule has 0 aliphatic rings. The van der Waals surface area contributed by atoms with Gasteiger partial charge in [0.25, 0.3) is 0 Å². The smallest absolute Gasteiger partial charge is 0.337 e. The first-order valence-electron chi connectivity index (χ1n) is 6.33. The Bertz CT molecular complexity index is 247. The summed E-state index contributed by atoms with van der Waals surface area (Å²) in [5.41, 5.74) is 0. The summed E-state index contributed by atoms with van der Waals surface area (Å²) >= 11 is 0. The van der Waals surface area contributed by atoms with Gasteiger partial charge in [-0.25, -0.2) is 0 Å². The highest BCUT2D eigenvalue weighted by Crippen LogP contribution is 2.22. The monoisotopic (exact) mass is 260 g/mol. The van der Waals surface area contributed by atoms with Crippen LogP contribution in [0.15, 0.2) is 0 Å². The second kappa shape index (κ2) is 8.55. The molecule has 0 aliphatic heterocycles. The fraction of sp³-hybridized carbons (Fsp3) is 0.833. The number of Topliss-reactive ketones (excluding diaryl/α,β-unsaturated/α-hetero) is 2. The van der Waals surface area contributed by atoms with Crippen molar-refractivity contribution in [3.05, 3.63) is 0 Å². The summed E-state index contributed by atoms with van der Waals surface area (Å²) in [5, 5.41) is 0. The van der Waals surface area contributed by atoms with Gasteiger partial charge in [0.15, 0.2) is 11.6 Å². The van der Waals surface area contributed by atoms with Crippen molar-refractivity contribution in [2.75, 3.05) is 13.2 Å². The molecule has 0 radical (unpaired) electrons. The predicted molar refractivity (Wildman–Crippen MR) is 69.2 cm³/mol. The van der Waals surface area contributed by atoms with Crippen LogP contribution in [-0.2, 0) is 18.4 Å². The van der Waals surface area contributed by atoms with Gasteiger partial charge in [-0.1, -0.05) is 6.92 Å². The molecule has 0 aromatic carbocycles. The summed E-state index contributed by atoms with van der Waals surface area (Å²) in [4.78, 5) is 22.0. The molecule has 0 aromatic rings. The molecule has 17 heavy (non-hydrogen) atoms. The normalized spacial score (nSPS) is 11.5. The van der Waals surface area contributed by atoms with Crippen LogP contribution in [0.2, 0.25) is 12.1 Å². The Hall–Kier alpha value is -0.523. The van der Waals surface area contributed by atoms with E-state index in [-0.39, 0.29) is 11.6 Å². The minimum Gasteiger partial charge on any atom is -0.394 e. The molecule has 0 fully saturated rings. The number of rotatable bonds is 10. The van der Waals surface area contributed by atoms with Crippen LogP contribution in [0.1, 0.15) is 40.5 Å². The van der Waals surface area contributed by atoms with Gasteiger partial charge in [-0.2, -0.15) is 0 Å². The Morgan fingerprint density at radius 2 is 1.59 bits per heavy atom. The van der Waals surface area contributed by atoms with Crippen LogP contribution >= 0.6 is 0 Å². The fourth-order valence-corrected chi connectivity index (χ4v) is 4.69. The Morgan fingerprint density at radius 1 is 1.06 bits per heavy atom. The van der Waals surface area contributed by atoms with Crippen molar-refractivity contribution < 1.29 is 18.4 Å². The highest BCUT2D eigenvalue weighted by Gasteiger charge is 2.34. The molecule has 0 saturated heterocycles. The van der Waals surface area contributed by atoms with Gasteiger partial charge in [0.1, 0.15) is 0 Å². The van der Waals surface area contributed by atoms with Crippen LogP contribution in [0.4, 0.5) is 0 Å². The van der Waals surface area contributed by atoms with Crippen molar-refractivity contribution in [3.63, 3.8) is 0 Å². The number of hydrogen-bond acceptors (Lipinski definition) is 4. The van der Waals surface area contributed by atoms with E-state index < -0.39 is 8.56 Å². The molecular formula is C12H24O4Si. The van der Waals surface area contributed by atoms with Crippen molar-refractivity contribution in [1.82, 2.24) is 0 Å². The van der Waals surface area contributed by atoms with Crippen LogP contribution in [0, 0.1) is 0 Å². The first-order chi connectivity index (χ1) is 8.01. The molecular weight excluding hydrogens is 236 g/mol. The number of carbonyl (C=O) groups excluding carboxylic acids is 2. The van der Waals surface area contributed by atoms with Gasteiger partial charge < -0.3 is 8.85 Å². The van der Waals surface area contributed by atoms with Gasteiger partial charge in [-0.15, -0.1) is 0 Å². The lowest BCUT2D eigenvalue weighted by molar-refractivity contribution is -0.135. The topological polar surface area (TPSA) is 52.6 Å². The summed E-state index contributed by atoms with van der Waals surface area (Å²) in [6.07, 6.45) is 0.989. The molecule has 0 atom stereocenters. The molecule has 0 amide bonds. The SMILES string of the molecule is CCO[Si](CC)(CCCC(=O)C(C)=O)OCC. The van der Waals surface area contributed by atoms with E-state index in [0.717, 1.165) is 12.1 Å². The van der Waals surface area contributed by atoms with E-state index in [1.165, 1.54) is 6.92 Å². The highest BCUT2D eigenvalue weighted by atomic mass is 28.4. The first-order valence-corrected chi connectivity index (χ1v) is 8.56. The first kappa shape index (κ1) is 16.5. The quantitative estimate of drug-likeness (QED) is 0.447. The van der Waals surface area contributed by atoms with E-state index in [0.29, 0.717) is 26.1 Å². The maximum atomic E-state index is 11.2. The maximum absolute atomic E-state index is 11.2. The second-order valence-electron chi connectivity index (χ2n) is 3.96. The van der Waals surface area contributed by atoms with E-state index in [4.69, 9.17) is 8.85 Å². The minimum absolute atomic E-state index is 0.294. The minimum atomic E-state index is -2.13. The molecule has 100 valence electrons. The van der Waals surface area contributed by atoms with E-state index >= 15 is 0 Å². The zero-order chi connectivity index (χ0) is 13.3. The standard InChI is InChI=1S/C12H24O4Si/c1-5-15-17(7-3,16-6-2)10-8-9-12(14)11(4)13/h5-10H2,1-4H3. The molecule has 5 heteroatoms. The van der Waals surface area contributed by atoms with Gasteiger partial charge in [-0.05, 0) is 32.4 Å². The van der Waals surface area contributed by atoms with Gasteiger partial charge in [0.2, 0.25) is 0 Å². The summed E-state index contributed by atoms with van der Waals surface area (Å²) < 4.78 is 11.6. The largest absolute Gasteiger partial charge is 0.394 e. The predicted octanol–water partition coefficient (Wildman–Crippen LogP) is 2.46. The van der Waals surface area contributed by atoms with Crippen LogP contribution < -0.4 is 0 Å². The van der Waals surface area contributed by atoms with E-state index in [1.807, 2.05) is 13.8 Å². The van der Waals surface area contributed by atoms with E-state index in [2.05, 4.69) is 6.92 Å². The molecule has 0 saturated carbocycles. The van der Waals surface area contributed by atoms with Gasteiger partial charge in [0.05, 0.1) is 0 Å². The third kappa shape index (κ3) is 6.09. The van der Waals surface area contributed by atoms with Crippen LogP contribution in [0.5, 0.6) is 0 Å². The Labute approximate surface area is 105 Å². The molecule has 0 spiro atoms. The summed E-state index contributed by atoms with van der Waals surface area (Å²) in [6.45, 7) is 8.57. The molecule has 0 aromatic heterocycles. The second-order valence-corrected chi connectivity index (χ2v) is 7.57. The fourth-order valence-electron chi connectivity index (χ4n) is 1.79. The van der Waals surface area contributed by atoms with Crippen molar-refractivity contribution in [2.45, 2.75) is 52.6 Å². The summed E-state index contributed by atoms with van der Waals surface area (Å²) in [7, 11) is -2.13. The van der Waals surface area contributed by atoms with Crippen molar-refractivity contribution >= 4 is 20.1 Å². The molecule has 0 bridgehead atoms. The molecule has 0 aliphatic carbocycles. The van der Waals surface area contributed by atoms with Crippen LogP contribution in [0.3, 0.4) is 0 Å². The van der Waals surface area contributed by atoms with Gasteiger partial charge in [0, 0.05) is 26.6 Å². The lowest BCUT2D eigenvalue weighted by Gasteiger charge is -2.28. The third-order valence-electron chi connectivity index (χ3n) is 2.71. The molecule has 4 nitrogen and oxygen atoms in total. The van der Waals surface area contributed by atoms with Gasteiger partial charge >= 0.3 is 8.56 Å². The highest BCUT2D eigenvalue weighted by molar-refractivity contribution is 6.67. The van der Waals surface area contributed by atoms with E-state index in [9.17, 15) is 9.59 Å². The molecule has 0 unspecified atom stereocenters. The number of hydrogen-bond donors (Lipinski definition) is 0. The summed E-state index contributed by atoms with van der Waals surface area (Å²) in [6, 6.07) is 1.66. The van der Waals surface area contributed by atoms with E-state index in [1.54, 1.807) is 0 Å². The molecule has 0 N–H and O–H groups in total. The van der Waals surface area contributed by atoms with Crippen molar-refractivity contribution in [2.24, 2.45) is 0 Å². The molecule has 0 heterocycles. The number of ketones is 2. The molecule has 0 rings (SSSR count). The van der Waals surface area contributed by atoms with Crippen molar-refractivity contribution in [1.29, 1.82) is 0 Å². The lowest BCUT2D eigenvalue weighted by Crippen LogP contribution is -2.41. The summed E-state index contributed by atoms with van der Waals surface area (Å²) in [5.74, 6) is -0.654. The Kier molecular flexibility index (Phi) is 8.29. The number of carbonyl (C=O) groups is 2. The Balaban J connectivity index is 4.24. The average Bonchev–Trinajstić information content (AvgIpc) is 2.29. The zero-order valence-corrected chi connectivity index (χ0v) is 12.4. The maximum Gasteiger partial charge on any atom is 0.337 e. The lowest BCUT2D eigenvalue weighted by atomic mass is 10.2. The van der Waals surface area contributed by atoms with Crippen LogP contribution in [-0.4, -0.2) is 33.3 Å². The van der Waals surface area contributed by atoms with Gasteiger partial charge in [-0.3, -0.25) is 9.59 Å².